The minimum Gasteiger partial charge on any atom is -0.320 e. The fourth-order valence-corrected chi connectivity index (χ4v) is 1.81. The highest BCUT2D eigenvalue weighted by Gasteiger charge is 2.19. The van der Waals surface area contributed by atoms with Gasteiger partial charge in [0.25, 0.3) is 0 Å². The minimum absolute atomic E-state index is 0.266. The number of carbonyl (C=O) groups is 1. The fraction of sp³-hybridized carbons (Fsp3) is 0.900. The van der Waals surface area contributed by atoms with Crippen LogP contribution in [0.3, 0.4) is 0 Å². The van der Waals surface area contributed by atoms with E-state index < -0.39 is 0 Å². The Morgan fingerprint density at radius 2 is 2.07 bits per heavy atom. The number of ketones is 1. The summed E-state index contributed by atoms with van der Waals surface area (Å²) in [6.45, 7) is 7.59. The first-order valence-corrected chi connectivity index (χ1v) is 5.31. The highest BCUT2D eigenvalue weighted by molar-refractivity contribution is 5.77. The molecule has 0 aromatic rings. The maximum Gasteiger partial charge on any atom is 0.143 e. The van der Waals surface area contributed by atoms with Crippen molar-refractivity contribution in [1.82, 2.24) is 15.1 Å². The van der Waals surface area contributed by atoms with Crippen molar-refractivity contribution >= 4 is 5.78 Å². The molecule has 4 heteroatoms. The summed E-state index contributed by atoms with van der Waals surface area (Å²) in [6, 6.07) is 0. The maximum absolute atomic E-state index is 10.9. The Morgan fingerprint density at radius 3 is 2.71 bits per heavy atom. The van der Waals surface area contributed by atoms with Crippen LogP contribution >= 0.6 is 0 Å². The lowest BCUT2D eigenvalue weighted by Crippen LogP contribution is -2.30. The Balaban J connectivity index is 2.11. The first kappa shape index (κ1) is 11.6. The SMILES string of the molecule is CNCCCN1CCN(CC(C)=O)C1. The number of rotatable bonds is 6. The highest BCUT2D eigenvalue weighted by atomic mass is 16.1. The lowest BCUT2D eigenvalue weighted by Gasteiger charge is -2.16. The normalized spacial score (nSPS) is 19.0. The van der Waals surface area contributed by atoms with Crippen molar-refractivity contribution in [1.29, 1.82) is 0 Å². The van der Waals surface area contributed by atoms with Gasteiger partial charge < -0.3 is 5.32 Å². The van der Waals surface area contributed by atoms with Crippen molar-refractivity contribution < 1.29 is 4.79 Å². The zero-order chi connectivity index (χ0) is 10.4. The Hall–Kier alpha value is -0.450. The molecular weight excluding hydrogens is 178 g/mol. The first-order chi connectivity index (χ1) is 6.72. The van der Waals surface area contributed by atoms with Crippen LogP contribution < -0.4 is 5.32 Å². The van der Waals surface area contributed by atoms with E-state index in [0.29, 0.717) is 6.54 Å². The Morgan fingerprint density at radius 1 is 1.36 bits per heavy atom. The van der Waals surface area contributed by atoms with Crippen LogP contribution in [0.5, 0.6) is 0 Å². The molecule has 0 bridgehead atoms. The van der Waals surface area contributed by atoms with Crippen LogP contribution in [-0.4, -0.2) is 62.0 Å². The molecule has 0 aromatic heterocycles. The standard InChI is InChI=1S/C10H21N3O/c1-10(14)8-13-7-6-12(9-13)5-3-4-11-2/h11H,3-9H2,1-2H3. The molecule has 0 spiro atoms. The number of Topliss-reactive ketones (excluding diaryl/α,β-unsaturated/α-hetero) is 1. The van der Waals surface area contributed by atoms with Gasteiger partial charge in [0.2, 0.25) is 0 Å². The summed E-state index contributed by atoms with van der Waals surface area (Å²) >= 11 is 0. The summed E-state index contributed by atoms with van der Waals surface area (Å²) in [6.07, 6.45) is 1.18. The minimum atomic E-state index is 0.266. The maximum atomic E-state index is 10.9. The molecule has 14 heavy (non-hydrogen) atoms. The largest absolute Gasteiger partial charge is 0.320 e. The van der Waals surface area contributed by atoms with Crippen LogP contribution in [0.15, 0.2) is 0 Å². The van der Waals surface area contributed by atoms with E-state index >= 15 is 0 Å². The molecule has 4 nitrogen and oxygen atoms in total. The van der Waals surface area contributed by atoms with E-state index in [4.69, 9.17) is 0 Å². The molecule has 1 aliphatic rings. The van der Waals surface area contributed by atoms with Crippen molar-refractivity contribution in [3.05, 3.63) is 0 Å². The molecule has 1 heterocycles. The van der Waals surface area contributed by atoms with Gasteiger partial charge in [0, 0.05) is 19.6 Å². The molecule has 0 aromatic carbocycles. The summed E-state index contributed by atoms with van der Waals surface area (Å²) in [5.41, 5.74) is 0. The third-order valence-corrected chi connectivity index (χ3v) is 2.48. The number of hydrogen-bond acceptors (Lipinski definition) is 4. The Kier molecular flexibility index (Phi) is 5.07. The van der Waals surface area contributed by atoms with Crippen molar-refractivity contribution in [2.75, 3.05) is 46.4 Å². The van der Waals surface area contributed by atoms with E-state index in [0.717, 1.165) is 32.8 Å². The van der Waals surface area contributed by atoms with Gasteiger partial charge in [0.15, 0.2) is 0 Å². The van der Waals surface area contributed by atoms with Crippen LogP contribution in [-0.2, 0) is 4.79 Å². The quantitative estimate of drug-likeness (QED) is 0.599. The van der Waals surface area contributed by atoms with Gasteiger partial charge in [-0.2, -0.15) is 0 Å². The molecule has 1 rings (SSSR count). The third kappa shape index (κ3) is 4.17. The number of hydrogen-bond donors (Lipinski definition) is 1. The molecule has 1 fully saturated rings. The Labute approximate surface area is 86.2 Å². The van der Waals surface area contributed by atoms with Gasteiger partial charge in [-0.15, -0.1) is 0 Å². The molecule has 0 atom stereocenters. The van der Waals surface area contributed by atoms with E-state index in [1.54, 1.807) is 6.92 Å². The molecule has 1 saturated heterocycles. The first-order valence-electron chi connectivity index (χ1n) is 5.31. The van der Waals surface area contributed by atoms with E-state index in [1.165, 1.54) is 6.42 Å². The van der Waals surface area contributed by atoms with Crippen molar-refractivity contribution in [2.45, 2.75) is 13.3 Å². The zero-order valence-electron chi connectivity index (χ0n) is 9.25. The average molecular weight is 199 g/mol. The summed E-state index contributed by atoms with van der Waals surface area (Å²) in [4.78, 5) is 15.5. The highest BCUT2D eigenvalue weighted by Crippen LogP contribution is 2.04. The second kappa shape index (κ2) is 6.11. The molecule has 0 saturated carbocycles. The van der Waals surface area contributed by atoms with Crippen molar-refractivity contribution in [2.24, 2.45) is 0 Å². The van der Waals surface area contributed by atoms with Crippen molar-refractivity contribution in [3.63, 3.8) is 0 Å². The third-order valence-electron chi connectivity index (χ3n) is 2.48. The molecule has 0 radical (unpaired) electrons. The fourth-order valence-electron chi connectivity index (χ4n) is 1.81. The molecule has 1 N–H and O–H groups in total. The summed E-state index contributed by atoms with van der Waals surface area (Å²) in [5, 5.41) is 3.14. The van der Waals surface area contributed by atoms with E-state index in [2.05, 4.69) is 15.1 Å². The van der Waals surface area contributed by atoms with Crippen LogP contribution in [0.2, 0.25) is 0 Å². The second-order valence-electron chi connectivity index (χ2n) is 3.97. The monoisotopic (exact) mass is 199 g/mol. The van der Waals surface area contributed by atoms with Gasteiger partial charge in [-0.25, -0.2) is 0 Å². The van der Waals surface area contributed by atoms with Crippen LogP contribution in [0, 0.1) is 0 Å². The number of carbonyl (C=O) groups excluding carboxylic acids is 1. The predicted molar refractivity (Wildman–Crippen MR) is 57.2 cm³/mol. The van der Waals surface area contributed by atoms with Crippen LogP contribution in [0.4, 0.5) is 0 Å². The molecule has 1 aliphatic heterocycles. The van der Waals surface area contributed by atoms with Gasteiger partial charge >= 0.3 is 0 Å². The molecule has 0 unspecified atom stereocenters. The van der Waals surface area contributed by atoms with Crippen LogP contribution in [0.1, 0.15) is 13.3 Å². The topological polar surface area (TPSA) is 35.6 Å². The van der Waals surface area contributed by atoms with Crippen LogP contribution in [0.25, 0.3) is 0 Å². The summed E-state index contributed by atoms with van der Waals surface area (Å²) in [5.74, 6) is 0.266. The van der Waals surface area contributed by atoms with Gasteiger partial charge in [-0.3, -0.25) is 14.6 Å². The average Bonchev–Trinajstić information content (AvgIpc) is 2.52. The van der Waals surface area contributed by atoms with Crippen molar-refractivity contribution in [3.8, 4) is 0 Å². The second-order valence-corrected chi connectivity index (χ2v) is 3.97. The molecular formula is C10H21N3O. The van der Waals surface area contributed by atoms with E-state index in [9.17, 15) is 4.79 Å². The lowest BCUT2D eigenvalue weighted by atomic mass is 10.4. The zero-order valence-corrected chi connectivity index (χ0v) is 9.25. The molecule has 82 valence electrons. The number of nitrogens with one attached hydrogen (secondary N) is 1. The van der Waals surface area contributed by atoms with E-state index in [1.807, 2.05) is 7.05 Å². The van der Waals surface area contributed by atoms with E-state index in [-0.39, 0.29) is 5.78 Å². The Bertz CT molecular complexity index is 184. The molecule has 0 aliphatic carbocycles. The van der Waals surface area contributed by atoms with Gasteiger partial charge in [0.1, 0.15) is 5.78 Å². The summed E-state index contributed by atoms with van der Waals surface area (Å²) < 4.78 is 0. The summed E-state index contributed by atoms with van der Waals surface area (Å²) in [7, 11) is 1.98. The van der Waals surface area contributed by atoms with Gasteiger partial charge in [0.05, 0.1) is 13.2 Å². The van der Waals surface area contributed by atoms with Gasteiger partial charge in [-0.1, -0.05) is 0 Å². The molecule has 0 amide bonds. The van der Waals surface area contributed by atoms with Gasteiger partial charge in [-0.05, 0) is 26.9 Å². The smallest absolute Gasteiger partial charge is 0.143 e. The lowest BCUT2D eigenvalue weighted by molar-refractivity contribution is -0.118. The number of nitrogens with zero attached hydrogens (tertiary/aromatic N) is 2. The predicted octanol–water partition coefficient (Wildman–Crippen LogP) is -0.240.